The average Bonchev–Trinajstić information content (AvgIpc) is 2.52. The van der Waals surface area contributed by atoms with Gasteiger partial charge in [0, 0.05) is 6.07 Å². The molecule has 0 unspecified atom stereocenters. The lowest BCUT2D eigenvalue weighted by atomic mass is 10.1. The fraction of sp³-hybridized carbons (Fsp3) is 0.118. The Balaban J connectivity index is 2.19. The standard InChI is InChI=1S/C17H15FO4/c1-21-12-5-6-13(14(18)10-12)15(19)7-3-11-4-8-17(22-2)16(20)9-11/h3-10,20H,1-2H3/b7-3+. The minimum Gasteiger partial charge on any atom is -0.504 e. The van der Waals surface area contributed by atoms with E-state index >= 15 is 0 Å². The van der Waals surface area contributed by atoms with Gasteiger partial charge in [-0.2, -0.15) is 0 Å². The van der Waals surface area contributed by atoms with E-state index in [0.717, 1.165) is 6.07 Å². The molecule has 0 aromatic heterocycles. The van der Waals surface area contributed by atoms with Crippen LogP contribution in [0.1, 0.15) is 15.9 Å². The van der Waals surface area contributed by atoms with Crippen molar-refractivity contribution in [2.75, 3.05) is 14.2 Å². The number of methoxy groups -OCH3 is 2. The molecule has 0 bridgehead atoms. The van der Waals surface area contributed by atoms with Crippen LogP contribution in [0.15, 0.2) is 42.5 Å². The molecular formula is C17H15FO4. The highest BCUT2D eigenvalue weighted by atomic mass is 19.1. The Bertz CT molecular complexity index is 723. The summed E-state index contributed by atoms with van der Waals surface area (Å²) in [5, 5.41) is 9.66. The van der Waals surface area contributed by atoms with Crippen molar-refractivity contribution in [3.8, 4) is 17.2 Å². The molecule has 0 aliphatic rings. The van der Waals surface area contributed by atoms with Gasteiger partial charge in [-0.15, -0.1) is 0 Å². The van der Waals surface area contributed by atoms with Crippen molar-refractivity contribution in [3.63, 3.8) is 0 Å². The van der Waals surface area contributed by atoms with Gasteiger partial charge in [-0.3, -0.25) is 4.79 Å². The van der Waals surface area contributed by atoms with Crippen LogP contribution < -0.4 is 9.47 Å². The Kier molecular flexibility index (Phi) is 4.78. The molecule has 0 saturated carbocycles. The number of phenols is 1. The van der Waals surface area contributed by atoms with Crippen molar-refractivity contribution in [3.05, 3.63) is 59.4 Å². The second-order valence-electron chi connectivity index (χ2n) is 4.47. The van der Waals surface area contributed by atoms with Crippen LogP contribution >= 0.6 is 0 Å². The molecule has 0 aliphatic carbocycles. The van der Waals surface area contributed by atoms with E-state index in [1.54, 1.807) is 12.1 Å². The van der Waals surface area contributed by atoms with Crippen molar-refractivity contribution in [2.45, 2.75) is 0 Å². The van der Waals surface area contributed by atoms with Gasteiger partial charge in [-0.05, 0) is 35.9 Å². The maximum atomic E-state index is 13.8. The van der Waals surface area contributed by atoms with Gasteiger partial charge in [0.25, 0.3) is 0 Å². The third kappa shape index (κ3) is 3.44. The number of hydrogen-bond acceptors (Lipinski definition) is 4. The normalized spacial score (nSPS) is 10.7. The third-order valence-electron chi connectivity index (χ3n) is 3.07. The smallest absolute Gasteiger partial charge is 0.188 e. The lowest BCUT2D eigenvalue weighted by Gasteiger charge is -2.04. The molecule has 1 N–H and O–H groups in total. The number of ether oxygens (including phenoxy) is 2. The first-order valence-corrected chi connectivity index (χ1v) is 6.48. The van der Waals surface area contributed by atoms with E-state index in [4.69, 9.17) is 9.47 Å². The number of rotatable bonds is 5. The molecule has 2 aromatic carbocycles. The zero-order chi connectivity index (χ0) is 16.1. The molecule has 0 aliphatic heterocycles. The second-order valence-corrected chi connectivity index (χ2v) is 4.47. The number of halogens is 1. The van der Waals surface area contributed by atoms with Crippen LogP contribution in [0.5, 0.6) is 17.2 Å². The highest BCUT2D eigenvalue weighted by molar-refractivity contribution is 6.07. The fourth-order valence-corrected chi connectivity index (χ4v) is 1.90. The van der Waals surface area contributed by atoms with E-state index in [1.807, 2.05) is 0 Å². The monoisotopic (exact) mass is 302 g/mol. The summed E-state index contributed by atoms with van der Waals surface area (Å²) >= 11 is 0. The molecule has 4 nitrogen and oxygen atoms in total. The Morgan fingerprint density at radius 3 is 2.50 bits per heavy atom. The van der Waals surface area contributed by atoms with Gasteiger partial charge in [0.2, 0.25) is 0 Å². The predicted molar refractivity (Wildman–Crippen MR) is 81.0 cm³/mol. The van der Waals surface area contributed by atoms with Crippen LogP contribution in [0, 0.1) is 5.82 Å². The maximum Gasteiger partial charge on any atom is 0.188 e. The van der Waals surface area contributed by atoms with Crippen molar-refractivity contribution in [1.82, 2.24) is 0 Å². The zero-order valence-electron chi connectivity index (χ0n) is 12.2. The van der Waals surface area contributed by atoms with Gasteiger partial charge in [-0.25, -0.2) is 4.39 Å². The molecule has 5 heteroatoms. The van der Waals surface area contributed by atoms with Gasteiger partial charge < -0.3 is 14.6 Å². The molecule has 22 heavy (non-hydrogen) atoms. The lowest BCUT2D eigenvalue weighted by molar-refractivity contribution is 0.104. The zero-order valence-corrected chi connectivity index (χ0v) is 12.2. The number of allylic oxidation sites excluding steroid dienone is 1. The van der Waals surface area contributed by atoms with Gasteiger partial charge in [0.1, 0.15) is 11.6 Å². The number of aromatic hydroxyl groups is 1. The molecule has 114 valence electrons. The summed E-state index contributed by atoms with van der Waals surface area (Å²) in [4.78, 5) is 12.0. The molecule has 0 heterocycles. The van der Waals surface area contributed by atoms with E-state index in [-0.39, 0.29) is 11.3 Å². The minimum absolute atomic E-state index is 0.0345. The molecule has 2 rings (SSSR count). The average molecular weight is 302 g/mol. The first kappa shape index (κ1) is 15.6. The Labute approximate surface area is 127 Å². The summed E-state index contributed by atoms with van der Waals surface area (Å²) in [5.41, 5.74) is 0.551. The van der Waals surface area contributed by atoms with E-state index in [9.17, 15) is 14.3 Å². The van der Waals surface area contributed by atoms with Crippen molar-refractivity contribution in [2.24, 2.45) is 0 Å². The van der Waals surface area contributed by atoms with Crippen LogP contribution in [0.4, 0.5) is 4.39 Å². The van der Waals surface area contributed by atoms with Crippen molar-refractivity contribution < 1.29 is 23.8 Å². The molecular weight excluding hydrogens is 287 g/mol. The van der Waals surface area contributed by atoms with Crippen LogP contribution in [0.25, 0.3) is 6.08 Å². The number of phenolic OH excluding ortho intramolecular Hbond substituents is 1. The maximum absolute atomic E-state index is 13.8. The lowest BCUT2D eigenvalue weighted by Crippen LogP contribution is -1.99. The van der Waals surface area contributed by atoms with E-state index in [1.165, 1.54) is 44.6 Å². The van der Waals surface area contributed by atoms with Gasteiger partial charge in [0.05, 0.1) is 19.8 Å². The molecule has 2 aromatic rings. The highest BCUT2D eigenvalue weighted by Gasteiger charge is 2.10. The van der Waals surface area contributed by atoms with Crippen LogP contribution in [-0.2, 0) is 0 Å². The molecule has 0 amide bonds. The van der Waals surface area contributed by atoms with E-state index < -0.39 is 11.6 Å². The molecule has 0 atom stereocenters. The number of benzene rings is 2. The molecule has 0 radical (unpaired) electrons. The molecule has 0 saturated heterocycles. The summed E-state index contributed by atoms with van der Waals surface area (Å²) in [6.07, 6.45) is 2.73. The van der Waals surface area contributed by atoms with Gasteiger partial charge in [-0.1, -0.05) is 12.1 Å². The van der Waals surface area contributed by atoms with Crippen LogP contribution in [-0.4, -0.2) is 25.1 Å². The van der Waals surface area contributed by atoms with Crippen molar-refractivity contribution >= 4 is 11.9 Å². The summed E-state index contributed by atoms with van der Waals surface area (Å²) in [7, 11) is 2.87. The van der Waals surface area contributed by atoms with Crippen LogP contribution in [0.3, 0.4) is 0 Å². The summed E-state index contributed by atoms with van der Waals surface area (Å²) in [6, 6.07) is 8.74. The number of carbonyl (C=O) groups is 1. The number of carbonyl (C=O) groups excluding carboxylic acids is 1. The van der Waals surface area contributed by atoms with Crippen molar-refractivity contribution in [1.29, 1.82) is 0 Å². The Morgan fingerprint density at radius 1 is 1.14 bits per heavy atom. The predicted octanol–water partition coefficient (Wildman–Crippen LogP) is 3.44. The highest BCUT2D eigenvalue weighted by Crippen LogP contribution is 2.26. The van der Waals surface area contributed by atoms with E-state index in [0.29, 0.717) is 17.1 Å². The fourth-order valence-electron chi connectivity index (χ4n) is 1.90. The summed E-state index contributed by atoms with van der Waals surface area (Å²) in [5.74, 6) is -0.474. The topological polar surface area (TPSA) is 55.8 Å². The summed E-state index contributed by atoms with van der Waals surface area (Å²) in [6.45, 7) is 0. The third-order valence-corrected chi connectivity index (χ3v) is 3.07. The minimum atomic E-state index is -0.647. The first-order chi connectivity index (χ1) is 10.5. The van der Waals surface area contributed by atoms with Gasteiger partial charge >= 0.3 is 0 Å². The largest absolute Gasteiger partial charge is 0.504 e. The number of hydrogen-bond donors (Lipinski definition) is 1. The first-order valence-electron chi connectivity index (χ1n) is 6.48. The molecule has 0 fully saturated rings. The Hall–Kier alpha value is -2.82. The van der Waals surface area contributed by atoms with E-state index in [2.05, 4.69) is 0 Å². The Morgan fingerprint density at radius 2 is 1.91 bits per heavy atom. The summed E-state index contributed by atoms with van der Waals surface area (Å²) < 4.78 is 23.6. The quantitative estimate of drug-likeness (QED) is 0.679. The van der Waals surface area contributed by atoms with Crippen LogP contribution in [0.2, 0.25) is 0 Å². The number of ketones is 1. The SMILES string of the molecule is COc1ccc(C(=O)/C=C/c2ccc(OC)c(O)c2)c(F)c1. The molecule has 0 spiro atoms. The van der Waals surface area contributed by atoms with Gasteiger partial charge in [0.15, 0.2) is 17.3 Å². The second kappa shape index (κ2) is 6.76.